The number of halogens is 2. The van der Waals surface area contributed by atoms with Crippen LogP contribution in [0.2, 0.25) is 5.02 Å². The van der Waals surface area contributed by atoms with Gasteiger partial charge in [0.05, 0.1) is 5.69 Å². The zero-order chi connectivity index (χ0) is 19.4. The van der Waals surface area contributed by atoms with Gasteiger partial charge in [-0.05, 0) is 55.0 Å². The second-order valence-electron chi connectivity index (χ2n) is 5.67. The first-order valence-corrected chi connectivity index (χ1v) is 10.5. The number of hydrogen-bond acceptors (Lipinski definition) is 4. The van der Waals surface area contributed by atoms with Crippen molar-refractivity contribution in [3.63, 3.8) is 0 Å². The fourth-order valence-electron chi connectivity index (χ4n) is 2.32. The van der Waals surface area contributed by atoms with E-state index < -0.39 is 10.1 Å². The van der Waals surface area contributed by atoms with Crippen molar-refractivity contribution in [2.75, 3.05) is 0 Å². The van der Waals surface area contributed by atoms with Crippen LogP contribution < -0.4 is 4.18 Å². The highest BCUT2D eigenvalue weighted by atomic mass is 79.9. The molecule has 3 aromatic rings. The van der Waals surface area contributed by atoms with Gasteiger partial charge in [0.2, 0.25) is 0 Å². The average Bonchev–Trinajstić information content (AvgIpc) is 2.65. The van der Waals surface area contributed by atoms with E-state index in [-0.39, 0.29) is 10.6 Å². The lowest BCUT2D eigenvalue weighted by Gasteiger charge is -2.10. The Bertz CT molecular complexity index is 1100. The quantitative estimate of drug-likeness (QED) is 0.347. The molecule has 0 aromatic heterocycles. The minimum absolute atomic E-state index is 0.0847. The van der Waals surface area contributed by atoms with Crippen molar-refractivity contribution in [1.29, 1.82) is 0 Å². The van der Waals surface area contributed by atoms with Crippen molar-refractivity contribution in [1.82, 2.24) is 0 Å². The van der Waals surface area contributed by atoms with Crippen LogP contribution >= 0.6 is 27.5 Å². The number of benzene rings is 3. The molecule has 0 heterocycles. The molecule has 0 spiro atoms. The van der Waals surface area contributed by atoms with Crippen molar-refractivity contribution < 1.29 is 12.6 Å². The normalized spacial score (nSPS) is 11.7. The third-order valence-corrected chi connectivity index (χ3v) is 5.94. The second-order valence-corrected chi connectivity index (χ2v) is 8.54. The lowest BCUT2D eigenvalue weighted by Crippen LogP contribution is -2.10. The van der Waals surface area contributed by atoms with E-state index in [1.54, 1.807) is 54.7 Å². The summed E-state index contributed by atoms with van der Waals surface area (Å²) in [4.78, 5) is 4.52. The van der Waals surface area contributed by atoms with Crippen LogP contribution in [0.4, 0.5) is 5.69 Å². The molecule has 0 aliphatic rings. The van der Waals surface area contributed by atoms with Gasteiger partial charge in [0, 0.05) is 21.3 Å². The molecule has 7 heteroatoms. The van der Waals surface area contributed by atoms with Crippen molar-refractivity contribution in [3.05, 3.63) is 87.4 Å². The first-order chi connectivity index (χ1) is 12.9. The summed E-state index contributed by atoms with van der Waals surface area (Å²) in [7, 11) is -3.94. The van der Waals surface area contributed by atoms with Gasteiger partial charge < -0.3 is 4.18 Å². The molecule has 3 aromatic carbocycles. The average molecular weight is 465 g/mol. The molecule has 0 aliphatic carbocycles. The Hall–Kier alpha value is -2.15. The summed E-state index contributed by atoms with van der Waals surface area (Å²) in [6.07, 6.45) is 1.55. The smallest absolute Gasteiger partial charge is 0.339 e. The lowest BCUT2D eigenvalue weighted by atomic mass is 10.2. The third kappa shape index (κ3) is 4.77. The van der Waals surface area contributed by atoms with Crippen LogP contribution in [0.5, 0.6) is 5.75 Å². The number of nitrogens with zero attached hydrogens (tertiary/aromatic N) is 1. The maximum atomic E-state index is 12.5. The summed E-state index contributed by atoms with van der Waals surface area (Å²) in [6, 6.07) is 18.4. The second kappa shape index (κ2) is 8.25. The molecule has 0 atom stereocenters. The maximum Gasteiger partial charge on any atom is 0.339 e. The van der Waals surface area contributed by atoms with E-state index in [1.165, 1.54) is 12.1 Å². The largest absolute Gasteiger partial charge is 0.378 e. The zero-order valence-corrected chi connectivity index (χ0v) is 17.4. The van der Waals surface area contributed by atoms with Crippen LogP contribution in [-0.2, 0) is 10.1 Å². The van der Waals surface area contributed by atoms with Gasteiger partial charge in [-0.2, -0.15) is 8.42 Å². The van der Waals surface area contributed by atoms with Crippen LogP contribution in [0.1, 0.15) is 11.1 Å². The summed E-state index contributed by atoms with van der Waals surface area (Å²) >= 11 is 9.51. The van der Waals surface area contributed by atoms with Crippen LogP contribution in [0, 0.1) is 6.92 Å². The minimum Gasteiger partial charge on any atom is -0.378 e. The Balaban J connectivity index is 1.97. The van der Waals surface area contributed by atoms with Gasteiger partial charge in [-0.15, -0.1) is 0 Å². The van der Waals surface area contributed by atoms with Crippen LogP contribution in [0.25, 0.3) is 0 Å². The molecular formula is C20H15BrClNO3S. The molecular weight excluding hydrogens is 450 g/mol. The summed E-state index contributed by atoms with van der Waals surface area (Å²) in [5, 5.41) is 0.613. The van der Waals surface area contributed by atoms with E-state index in [0.29, 0.717) is 16.3 Å². The highest BCUT2D eigenvalue weighted by Gasteiger charge is 2.18. The standard InChI is InChI=1S/C20H15BrClNO3S/c1-14-18(22)8-5-9-19(14)23-13-15-12-16(21)10-11-20(15)26-27(24,25)17-6-3-2-4-7-17/h2-13H,1H3. The Morgan fingerprint density at radius 3 is 2.52 bits per heavy atom. The van der Waals surface area contributed by atoms with Crippen molar-refractivity contribution >= 4 is 49.6 Å². The summed E-state index contributed by atoms with van der Waals surface area (Å²) in [5.41, 5.74) is 2.05. The van der Waals surface area contributed by atoms with E-state index in [9.17, 15) is 8.42 Å². The first kappa shape index (κ1) is 19.6. The molecule has 0 amide bonds. The van der Waals surface area contributed by atoms with Gasteiger partial charge in [-0.3, -0.25) is 4.99 Å². The van der Waals surface area contributed by atoms with Crippen LogP contribution in [-0.4, -0.2) is 14.6 Å². The molecule has 4 nitrogen and oxygen atoms in total. The first-order valence-electron chi connectivity index (χ1n) is 7.95. The topological polar surface area (TPSA) is 55.7 Å². The van der Waals surface area contributed by atoms with E-state index >= 15 is 0 Å². The van der Waals surface area contributed by atoms with Crippen molar-refractivity contribution in [3.8, 4) is 5.75 Å². The van der Waals surface area contributed by atoms with Crippen LogP contribution in [0.15, 0.2) is 81.1 Å². The van der Waals surface area contributed by atoms with Gasteiger partial charge in [0.1, 0.15) is 4.90 Å². The molecule has 3 rings (SSSR count). The predicted octanol–water partition coefficient (Wildman–Crippen LogP) is 5.93. The van der Waals surface area contributed by atoms with Gasteiger partial charge in [0.25, 0.3) is 0 Å². The maximum absolute atomic E-state index is 12.5. The van der Waals surface area contributed by atoms with Crippen molar-refractivity contribution in [2.24, 2.45) is 4.99 Å². The van der Waals surface area contributed by atoms with Crippen LogP contribution in [0.3, 0.4) is 0 Å². The summed E-state index contributed by atoms with van der Waals surface area (Å²) < 4.78 is 31.2. The van der Waals surface area contributed by atoms with E-state index in [1.807, 2.05) is 13.0 Å². The molecule has 138 valence electrons. The van der Waals surface area contributed by atoms with Gasteiger partial charge in [0.15, 0.2) is 5.75 Å². The fraction of sp³-hybridized carbons (Fsp3) is 0.0500. The lowest BCUT2D eigenvalue weighted by molar-refractivity contribution is 0.485. The number of rotatable bonds is 5. The van der Waals surface area contributed by atoms with E-state index in [4.69, 9.17) is 15.8 Å². The van der Waals surface area contributed by atoms with E-state index in [0.717, 1.165) is 10.0 Å². The SMILES string of the molecule is Cc1c(Cl)cccc1N=Cc1cc(Br)ccc1OS(=O)(=O)c1ccccc1. The van der Waals surface area contributed by atoms with Gasteiger partial charge in [-0.1, -0.05) is 51.8 Å². The molecule has 0 saturated carbocycles. The highest BCUT2D eigenvalue weighted by Crippen LogP contribution is 2.28. The monoisotopic (exact) mass is 463 g/mol. The van der Waals surface area contributed by atoms with E-state index in [2.05, 4.69) is 20.9 Å². The fourth-order valence-corrected chi connectivity index (χ4v) is 3.85. The summed E-state index contributed by atoms with van der Waals surface area (Å²) in [6.45, 7) is 1.87. The Labute approximate surface area is 171 Å². The predicted molar refractivity (Wildman–Crippen MR) is 112 cm³/mol. The zero-order valence-electron chi connectivity index (χ0n) is 14.3. The molecule has 0 saturated heterocycles. The van der Waals surface area contributed by atoms with Crippen molar-refractivity contribution in [2.45, 2.75) is 11.8 Å². The molecule has 0 fully saturated rings. The third-order valence-electron chi connectivity index (χ3n) is 3.79. The Morgan fingerprint density at radius 1 is 1.04 bits per heavy atom. The molecule has 0 unspecified atom stereocenters. The summed E-state index contributed by atoms with van der Waals surface area (Å²) in [5.74, 6) is 0.186. The number of aliphatic imine (C=N–C) groups is 1. The molecule has 0 N–H and O–H groups in total. The molecule has 27 heavy (non-hydrogen) atoms. The van der Waals surface area contributed by atoms with Gasteiger partial charge in [-0.25, -0.2) is 0 Å². The molecule has 0 radical (unpaired) electrons. The molecule has 0 bridgehead atoms. The number of hydrogen-bond donors (Lipinski definition) is 0. The Morgan fingerprint density at radius 2 is 1.78 bits per heavy atom. The van der Waals surface area contributed by atoms with Gasteiger partial charge >= 0.3 is 10.1 Å². The molecule has 0 aliphatic heterocycles. The minimum atomic E-state index is -3.94. The Kier molecular flexibility index (Phi) is 5.99. The highest BCUT2D eigenvalue weighted by molar-refractivity contribution is 9.10.